The molecule has 8 nitrogen and oxygen atoms in total. The number of carbonyl (C=O) groups excluding carboxylic acids is 3. The number of fused-ring (bicyclic) bond motifs is 1. The zero-order valence-corrected chi connectivity index (χ0v) is 26.5. The van der Waals surface area contributed by atoms with Crippen LogP contribution in [0.25, 0.3) is 11.1 Å². The zero-order chi connectivity index (χ0) is 33.0. The maximum absolute atomic E-state index is 14.2. The molecule has 5 rings (SSSR count). The normalized spacial score (nSPS) is 16.0. The quantitative estimate of drug-likeness (QED) is 0.241. The summed E-state index contributed by atoms with van der Waals surface area (Å²) < 4.78 is 42.5. The third kappa shape index (κ3) is 7.87. The number of nitrogens with zero attached hydrogens (tertiary/aromatic N) is 3. The lowest BCUT2D eigenvalue weighted by molar-refractivity contribution is -0.137. The predicted octanol–water partition coefficient (Wildman–Crippen LogP) is 6.13. The maximum atomic E-state index is 14.2. The molecule has 0 aliphatic carbocycles. The van der Waals surface area contributed by atoms with E-state index in [0.29, 0.717) is 66.6 Å². The molecular formula is C34H37ClF3N5O3. The lowest BCUT2D eigenvalue weighted by Crippen LogP contribution is -2.38. The minimum atomic E-state index is -4.55. The molecule has 2 N–H and O–H groups in total. The van der Waals surface area contributed by atoms with Crippen LogP contribution in [0.4, 0.5) is 19.0 Å². The molecule has 46 heavy (non-hydrogen) atoms. The highest BCUT2D eigenvalue weighted by Gasteiger charge is 2.37. The first-order chi connectivity index (χ1) is 21.9. The summed E-state index contributed by atoms with van der Waals surface area (Å²) in [6.07, 6.45) is -0.625. The highest BCUT2D eigenvalue weighted by atomic mass is 35.5. The van der Waals surface area contributed by atoms with Crippen molar-refractivity contribution in [2.45, 2.75) is 64.8 Å². The molecule has 1 saturated heterocycles. The fourth-order valence-corrected chi connectivity index (χ4v) is 6.53. The van der Waals surface area contributed by atoms with Crippen molar-refractivity contribution in [3.8, 4) is 11.1 Å². The SMILES string of the molecule is Cc1cc(Cl)cc(-c2cnc(N3CCC(CNCc4ccc5c(c4)CN(C(C)CCC(=O)NC=O)C5=O)CC3)c(C(F)(F)F)c2)c1. The van der Waals surface area contributed by atoms with E-state index < -0.39 is 11.7 Å². The van der Waals surface area contributed by atoms with Crippen molar-refractivity contribution in [1.29, 1.82) is 0 Å². The first-order valence-electron chi connectivity index (χ1n) is 15.4. The predicted molar refractivity (Wildman–Crippen MR) is 170 cm³/mol. The minimum absolute atomic E-state index is 0.0401. The average molecular weight is 656 g/mol. The van der Waals surface area contributed by atoms with Crippen molar-refractivity contribution in [2.24, 2.45) is 5.92 Å². The minimum Gasteiger partial charge on any atom is -0.356 e. The van der Waals surface area contributed by atoms with Gasteiger partial charge in [0.15, 0.2) is 0 Å². The number of halogens is 4. The van der Waals surface area contributed by atoms with Crippen molar-refractivity contribution in [3.05, 3.63) is 81.5 Å². The molecular weight excluding hydrogens is 619 g/mol. The summed E-state index contributed by atoms with van der Waals surface area (Å²) in [7, 11) is 0. The summed E-state index contributed by atoms with van der Waals surface area (Å²) in [4.78, 5) is 42.8. The van der Waals surface area contributed by atoms with Crippen molar-refractivity contribution in [3.63, 3.8) is 0 Å². The van der Waals surface area contributed by atoms with Gasteiger partial charge in [0.25, 0.3) is 5.91 Å². The summed E-state index contributed by atoms with van der Waals surface area (Å²) in [5, 5.41) is 6.06. The lowest BCUT2D eigenvalue weighted by Gasteiger charge is -2.34. The fourth-order valence-electron chi connectivity index (χ4n) is 6.24. The Hall–Kier alpha value is -3.96. The molecule has 3 heterocycles. The summed E-state index contributed by atoms with van der Waals surface area (Å²) in [6, 6.07) is 12.0. The van der Waals surface area contributed by atoms with Crippen molar-refractivity contribution < 1.29 is 27.6 Å². The molecule has 1 atom stereocenters. The molecule has 12 heteroatoms. The number of amides is 3. The fraction of sp³-hybridized carbons (Fsp3) is 0.412. The topological polar surface area (TPSA) is 94.6 Å². The Labute approximate surface area is 271 Å². The van der Waals surface area contributed by atoms with Crippen LogP contribution in [0.1, 0.15) is 65.2 Å². The lowest BCUT2D eigenvalue weighted by atomic mass is 9.96. The number of pyridine rings is 1. The van der Waals surface area contributed by atoms with Crippen LogP contribution in [-0.2, 0) is 28.9 Å². The van der Waals surface area contributed by atoms with Crippen molar-refractivity contribution in [1.82, 2.24) is 20.5 Å². The van der Waals surface area contributed by atoms with E-state index in [9.17, 15) is 27.6 Å². The van der Waals surface area contributed by atoms with Gasteiger partial charge in [-0.25, -0.2) is 4.98 Å². The number of carbonyl (C=O) groups is 3. The maximum Gasteiger partial charge on any atom is 0.419 e. The number of aromatic nitrogens is 1. The summed E-state index contributed by atoms with van der Waals surface area (Å²) in [6.45, 7) is 6.48. The highest BCUT2D eigenvalue weighted by molar-refractivity contribution is 6.31. The van der Waals surface area contributed by atoms with Crippen LogP contribution in [-0.4, -0.2) is 53.8 Å². The van der Waals surface area contributed by atoms with Crippen LogP contribution in [0.2, 0.25) is 5.02 Å². The molecule has 2 aromatic carbocycles. The third-order valence-electron chi connectivity index (χ3n) is 8.77. The number of hydrogen-bond donors (Lipinski definition) is 2. The van der Waals surface area contributed by atoms with Gasteiger partial charge in [-0.15, -0.1) is 0 Å². The number of piperidine rings is 1. The number of anilines is 1. The molecule has 0 spiro atoms. The van der Waals surface area contributed by atoms with Crippen LogP contribution in [0, 0.1) is 12.8 Å². The largest absolute Gasteiger partial charge is 0.419 e. The Morgan fingerprint density at radius 3 is 2.59 bits per heavy atom. The number of rotatable bonds is 11. The van der Waals surface area contributed by atoms with Crippen molar-refractivity contribution in [2.75, 3.05) is 24.5 Å². The van der Waals surface area contributed by atoms with Crippen LogP contribution in [0.3, 0.4) is 0 Å². The van der Waals surface area contributed by atoms with E-state index in [2.05, 4.69) is 15.6 Å². The van der Waals surface area contributed by atoms with Crippen LogP contribution >= 0.6 is 11.6 Å². The van der Waals surface area contributed by atoms with Gasteiger partial charge in [0, 0.05) is 61.0 Å². The van der Waals surface area contributed by atoms with Gasteiger partial charge in [0.05, 0.1) is 5.56 Å². The molecule has 3 aromatic rings. The Morgan fingerprint density at radius 1 is 1.13 bits per heavy atom. The summed E-state index contributed by atoms with van der Waals surface area (Å²) >= 11 is 6.15. The van der Waals surface area contributed by atoms with Gasteiger partial charge in [-0.3, -0.25) is 19.7 Å². The second-order valence-electron chi connectivity index (χ2n) is 12.2. The zero-order valence-electron chi connectivity index (χ0n) is 25.8. The molecule has 0 bridgehead atoms. The van der Waals surface area contributed by atoms with E-state index in [4.69, 9.17) is 11.6 Å². The molecule has 0 saturated carbocycles. The van der Waals surface area contributed by atoms with Gasteiger partial charge in [-0.2, -0.15) is 13.2 Å². The number of aryl methyl sites for hydroxylation is 1. The Kier molecular flexibility index (Phi) is 10.3. The third-order valence-corrected chi connectivity index (χ3v) is 8.98. The second kappa shape index (κ2) is 14.2. The molecule has 1 fully saturated rings. The van der Waals surface area contributed by atoms with Gasteiger partial charge in [0.2, 0.25) is 12.3 Å². The van der Waals surface area contributed by atoms with E-state index in [-0.39, 0.29) is 30.1 Å². The molecule has 1 aromatic heterocycles. The van der Waals surface area contributed by atoms with Crippen LogP contribution < -0.4 is 15.5 Å². The monoisotopic (exact) mass is 655 g/mol. The number of benzene rings is 2. The first kappa shape index (κ1) is 33.4. The standard InChI is InChI=1S/C34H37ClF3N5O3/c1-21-11-25(14-28(35)12-21)26-15-30(34(36,37)38)32(40-18-26)42-9-7-23(8-10-42)16-39-17-24-4-5-29-27(13-24)19-43(33(29)46)22(2)3-6-31(45)41-20-44/h4-5,11-15,18,20,22-23,39H,3,6-10,16-17,19H2,1-2H3,(H,41,44,45). The first-order valence-corrected chi connectivity index (χ1v) is 15.8. The van der Waals surface area contributed by atoms with Gasteiger partial charge in [-0.05, 0) is 92.1 Å². The van der Waals surface area contributed by atoms with E-state index in [1.54, 1.807) is 28.0 Å². The smallest absolute Gasteiger partial charge is 0.356 e. The highest BCUT2D eigenvalue weighted by Crippen LogP contribution is 2.39. The van der Waals surface area contributed by atoms with E-state index >= 15 is 0 Å². The molecule has 2 aliphatic heterocycles. The second-order valence-corrected chi connectivity index (χ2v) is 12.6. The van der Waals surface area contributed by atoms with Crippen LogP contribution in [0.5, 0.6) is 0 Å². The van der Waals surface area contributed by atoms with Crippen molar-refractivity contribution >= 4 is 35.6 Å². The van der Waals surface area contributed by atoms with E-state index in [0.717, 1.165) is 36.1 Å². The molecule has 1 unspecified atom stereocenters. The van der Waals surface area contributed by atoms with Gasteiger partial charge >= 0.3 is 6.18 Å². The average Bonchev–Trinajstić information content (AvgIpc) is 3.34. The Morgan fingerprint density at radius 2 is 1.89 bits per heavy atom. The van der Waals surface area contributed by atoms with E-state index in [1.165, 1.54) is 12.3 Å². The number of hydrogen-bond acceptors (Lipinski definition) is 6. The molecule has 0 radical (unpaired) electrons. The summed E-state index contributed by atoms with van der Waals surface area (Å²) in [5.41, 5.74) is 3.71. The summed E-state index contributed by atoms with van der Waals surface area (Å²) in [5.74, 6) is -0.168. The number of alkyl halides is 3. The molecule has 3 amide bonds. The van der Waals surface area contributed by atoms with Gasteiger partial charge < -0.3 is 15.1 Å². The van der Waals surface area contributed by atoms with Gasteiger partial charge in [-0.1, -0.05) is 29.8 Å². The molecule has 244 valence electrons. The van der Waals surface area contributed by atoms with Crippen LogP contribution in [0.15, 0.2) is 48.7 Å². The van der Waals surface area contributed by atoms with E-state index in [1.807, 2.05) is 32.0 Å². The number of imide groups is 1. The molecule has 2 aliphatic rings. The Balaban J connectivity index is 1.14. The van der Waals surface area contributed by atoms with Gasteiger partial charge in [0.1, 0.15) is 5.82 Å². The Bertz CT molecular complexity index is 1590. The number of nitrogens with one attached hydrogen (secondary N) is 2.